The Bertz CT molecular complexity index is 392. The van der Waals surface area contributed by atoms with Crippen molar-refractivity contribution in [2.75, 3.05) is 38.1 Å². The van der Waals surface area contributed by atoms with Crippen LogP contribution in [0.15, 0.2) is 29.3 Å². The fourth-order valence-electron chi connectivity index (χ4n) is 1.93. The molecule has 2 rings (SSSR count). The number of aliphatic imine (C=N–C) groups is 1. The van der Waals surface area contributed by atoms with Gasteiger partial charge >= 0.3 is 0 Å². The Hall–Kier alpha value is -1.26. The first-order valence-electron chi connectivity index (χ1n) is 5.81. The van der Waals surface area contributed by atoms with Crippen molar-refractivity contribution >= 4 is 35.2 Å². The van der Waals surface area contributed by atoms with Gasteiger partial charge in [-0.05, 0) is 31.3 Å². The standard InChI is InChI=1S/C13H17N3S/c1-15-7-9-16(10-8-15)13-4-2-12(3-5-13)14-6-11-17/h2-6,11H,7-10H2,1H3. The molecule has 0 N–H and O–H groups in total. The molecule has 0 bridgehead atoms. The summed E-state index contributed by atoms with van der Waals surface area (Å²) in [5.41, 5.74) is 2.23. The number of rotatable bonds is 3. The van der Waals surface area contributed by atoms with Crippen LogP contribution in [0.5, 0.6) is 0 Å². The molecule has 0 aromatic heterocycles. The minimum atomic E-state index is 0.948. The van der Waals surface area contributed by atoms with E-state index in [9.17, 15) is 0 Å². The predicted molar refractivity (Wildman–Crippen MR) is 78.0 cm³/mol. The second-order valence-electron chi connectivity index (χ2n) is 4.22. The van der Waals surface area contributed by atoms with Crippen LogP contribution in [-0.2, 0) is 0 Å². The zero-order valence-electron chi connectivity index (χ0n) is 10.0. The highest BCUT2D eigenvalue weighted by molar-refractivity contribution is 7.80. The second-order valence-corrected chi connectivity index (χ2v) is 4.49. The molecule has 3 nitrogen and oxygen atoms in total. The van der Waals surface area contributed by atoms with Gasteiger partial charge in [0.1, 0.15) is 0 Å². The molecule has 0 aliphatic carbocycles. The van der Waals surface area contributed by atoms with Crippen molar-refractivity contribution in [3.05, 3.63) is 24.3 Å². The number of likely N-dealkylation sites (N-methyl/N-ethyl adjacent to an activating group) is 1. The van der Waals surface area contributed by atoms with Crippen LogP contribution in [0.1, 0.15) is 0 Å². The largest absolute Gasteiger partial charge is 0.369 e. The van der Waals surface area contributed by atoms with E-state index in [1.807, 2.05) is 12.1 Å². The van der Waals surface area contributed by atoms with E-state index < -0.39 is 0 Å². The lowest BCUT2D eigenvalue weighted by molar-refractivity contribution is 0.313. The first kappa shape index (κ1) is 12.2. The van der Waals surface area contributed by atoms with Crippen molar-refractivity contribution in [1.29, 1.82) is 0 Å². The molecule has 0 radical (unpaired) electrons. The summed E-state index contributed by atoms with van der Waals surface area (Å²) in [6.07, 6.45) is 1.64. The van der Waals surface area contributed by atoms with Gasteiger partial charge in [-0.25, -0.2) is 0 Å². The molecule has 1 aromatic carbocycles. The number of thiocarbonyl (C=S) groups is 1. The van der Waals surface area contributed by atoms with Crippen molar-refractivity contribution < 1.29 is 0 Å². The smallest absolute Gasteiger partial charge is 0.0631 e. The number of benzene rings is 1. The van der Waals surface area contributed by atoms with Gasteiger partial charge in [-0.2, -0.15) is 0 Å². The quantitative estimate of drug-likeness (QED) is 0.602. The van der Waals surface area contributed by atoms with Crippen molar-refractivity contribution in [1.82, 2.24) is 4.90 Å². The van der Waals surface area contributed by atoms with Crippen molar-refractivity contribution in [3.8, 4) is 0 Å². The number of piperazine rings is 1. The van der Waals surface area contributed by atoms with Crippen LogP contribution in [0.2, 0.25) is 0 Å². The third kappa shape index (κ3) is 3.35. The Morgan fingerprint density at radius 2 is 1.76 bits per heavy atom. The van der Waals surface area contributed by atoms with E-state index in [4.69, 9.17) is 12.2 Å². The maximum atomic E-state index is 4.70. The van der Waals surface area contributed by atoms with Crippen LogP contribution in [0.25, 0.3) is 0 Å². The molecule has 0 amide bonds. The van der Waals surface area contributed by atoms with Crippen molar-refractivity contribution in [2.24, 2.45) is 4.99 Å². The Labute approximate surface area is 108 Å². The van der Waals surface area contributed by atoms with Crippen LogP contribution in [0, 0.1) is 0 Å². The lowest BCUT2D eigenvalue weighted by Gasteiger charge is -2.34. The zero-order chi connectivity index (χ0) is 12.1. The summed E-state index contributed by atoms with van der Waals surface area (Å²) in [6.45, 7) is 4.45. The molecule has 1 aliphatic heterocycles. The minimum absolute atomic E-state index is 0.948. The summed E-state index contributed by atoms with van der Waals surface area (Å²) in [7, 11) is 2.17. The van der Waals surface area contributed by atoms with E-state index in [1.54, 1.807) is 6.21 Å². The molecule has 1 aliphatic rings. The van der Waals surface area contributed by atoms with Crippen LogP contribution >= 0.6 is 12.2 Å². The van der Waals surface area contributed by atoms with Crippen LogP contribution in [0.3, 0.4) is 0 Å². The molecule has 1 fully saturated rings. The minimum Gasteiger partial charge on any atom is -0.369 e. The van der Waals surface area contributed by atoms with Crippen LogP contribution < -0.4 is 4.90 Å². The Morgan fingerprint density at radius 3 is 2.35 bits per heavy atom. The van der Waals surface area contributed by atoms with Gasteiger partial charge in [-0.1, -0.05) is 12.2 Å². The molecular weight excluding hydrogens is 230 g/mol. The van der Waals surface area contributed by atoms with E-state index in [1.165, 1.54) is 11.1 Å². The lowest BCUT2D eigenvalue weighted by atomic mass is 10.2. The fraction of sp³-hybridized carbons (Fsp3) is 0.385. The molecule has 4 heteroatoms. The summed E-state index contributed by atoms with van der Waals surface area (Å²) in [6, 6.07) is 8.31. The highest BCUT2D eigenvalue weighted by Crippen LogP contribution is 2.20. The number of hydrogen-bond acceptors (Lipinski definition) is 4. The number of nitrogens with zero attached hydrogens (tertiary/aromatic N) is 3. The van der Waals surface area contributed by atoms with Gasteiger partial charge in [0.15, 0.2) is 0 Å². The molecule has 1 saturated heterocycles. The van der Waals surface area contributed by atoms with Gasteiger partial charge in [-0.15, -0.1) is 0 Å². The van der Waals surface area contributed by atoms with Crippen molar-refractivity contribution in [2.45, 2.75) is 0 Å². The Morgan fingerprint density at radius 1 is 1.12 bits per heavy atom. The van der Waals surface area contributed by atoms with Gasteiger partial charge in [0.2, 0.25) is 0 Å². The maximum absolute atomic E-state index is 4.70. The maximum Gasteiger partial charge on any atom is 0.0631 e. The topological polar surface area (TPSA) is 18.8 Å². The highest BCUT2D eigenvalue weighted by atomic mass is 32.1. The van der Waals surface area contributed by atoms with Crippen LogP contribution in [0.4, 0.5) is 11.4 Å². The first-order valence-corrected chi connectivity index (χ1v) is 6.28. The van der Waals surface area contributed by atoms with Gasteiger partial charge in [0.25, 0.3) is 0 Å². The third-order valence-corrected chi connectivity index (χ3v) is 3.12. The normalized spacial score (nSPS) is 17.6. The molecular formula is C13H17N3S. The van der Waals surface area contributed by atoms with Gasteiger partial charge in [0.05, 0.1) is 5.69 Å². The Balaban J connectivity index is 2.02. The number of anilines is 1. The van der Waals surface area contributed by atoms with Gasteiger partial charge in [-0.3, -0.25) is 4.99 Å². The molecule has 1 aromatic rings. The second kappa shape index (κ2) is 5.89. The van der Waals surface area contributed by atoms with Crippen LogP contribution in [-0.4, -0.2) is 49.7 Å². The van der Waals surface area contributed by atoms with Gasteiger partial charge < -0.3 is 9.80 Å². The van der Waals surface area contributed by atoms with Crippen molar-refractivity contribution in [3.63, 3.8) is 0 Å². The Kier molecular flexibility index (Phi) is 4.23. The fourth-order valence-corrected chi connectivity index (χ4v) is 1.99. The zero-order valence-corrected chi connectivity index (χ0v) is 10.9. The molecule has 0 unspecified atom stereocenters. The summed E-state index contributed by atoms with van der Waals surface area (Å²) >= 11 is 4.70. The third-order valence-electron chi connectivity index (χ3n) is 3.00. The summed E-state index contributed by atoms with van der Waals surface area (Å²) in [4.78, 5) is 8.98. The lowest BCUT2D eigenvalue weighted by Crippen LogP contribution is -2.44. The SMILES string of the molecule is CN1CCN(c2ccc(N=CC=S)cc2)CC1. The van der Waals surface area contributed by atoms with E-state index in [0.29, 0.717) is 0 Å². The molecule has 0 spiro atoms. The first-order chi connectivity index (χ1) is 8.29. The van der Waals surface area contributed by atoms with Gasteiger partial charge in [0, 0.05) is 43.4 Å². The average molecular weight is 247 g/mol. The molecule has 1 heterocycles. The average Bonchev–Trinajstić information content (AvgIpc) is 2.38. The van der Waals surface area contributed by atoms with E-state index in [2.05, 4.69) is 34.0 Å². The molecule has 17 heavy (non-hydrogen) atoms. The summed E-state index contributed by atoms with van der Waals surface area (Å²) in [5, 5.41) is 1.52. The van der Waals surface area contributed by atoms with E-state index >= 15 is 0 Å². The molecule has 90 valence electrons. The number of hydrogen-bond donors (Lipinski definition) is 0. The van der Waals surface area contributed by atoms with E-state index in [-0.39, 0.29) is 0 Å². The predicted octanol–water partition coefficient (Wildman–Crippen LogP) is 2.14. The molecule has 0 saturated carbocycles. The monoisotopic (exact) mass is 247 g/mol. The van der Waals surface area contributed by atoms with E-state index in [0.717, 1.165) is 31.9 Å². The summed E-state index contributed by atoms with van der Waals surface area (Å²) < 4.78 is 0. The summed E-state index contributed by atoms with van der Waals surface area (Å²) in [5.74, 6) is 0. The molecule has 0 atom stereocenters. The highest BCUT2D eigenvalue weighted by Gasteiger charge is 2.13.